The first-order chi connectivity index (χ1) is 12.5. The van der Waals surface area contributed by atoms with Crippen LogP contribution < -0.4 is 10.6 Å². The summed E-state index contributed by atoms with van der Waals surface area (Å²) in [6.07, 6.45) is 0.966. The number of aryl methyl sites for hydroxylation is 3. The fourth-order valence-electron chi connectivity index (χ4n) is 2.55. The largest absolute Gasteiger partial charge is 0.340 e. The molecule has 2 aromatic carbocycles. The maximum atomic E-state index is 12.5. The van der Waals surface area contributed by atoms with Gasteiger partial charge in [-0.2, -0.15) is 0 Å². The summed E-state index contributed by atoms with van der Waals surface area (Å²) in [5.41, 5.74) is 4.40. The monoisotopic (exact) mass is 346 g/mol. The summed E-state index contributed by atoms with van der Waals surface area (Å²) < 4.78 is 0. The van der Waals surface area contributed by atoms with E-state index in [4.69, 9.17) is 0 Å². The minimum absolute atomic E-state index is 0.258. The van der Waals surface area contributed by atoms with Gasteiger partial charge >= 0.3 is 0 Å². The van der Waals surface area contributed by atoms with Gasteiger partial charge in [-0.15, -0.1) is 0 Å². The van der Waals surface area contributed by atoms with Crippen LogP contribution in [0.1, 0.15) is 34.4 Å². The second-order valence-electron chi connectivity index (χ2n) is 6.18. The van der Waals surface area contributed by atoms with Crippen molar-refractivity contribution in [2.24, 2.45) is 0 Å². The number of rotatable bonds is 5. The van der Waals surface area contributed by atoms with E-state index < -0.39 is 0 Å². The molecule has 3 rings (SSSR count). The molecule has 0 radical (unpaired) electrons. The molecule has 0 fully saturated rings. The van der Waals surface area contributed by atoms with Crippen molar-refractivity contribution in [1.29, 1.82) is 0 Å². The molecule has 0 aliphatic rings. The van der Waals surface area contributed by atoms with Crippen LogP contribution in [0.25, 0.3) is 0 Å². The van der Waals surface area contributed by atoms with E-state index in [2.05, 4.69) is 27.5 Å². The Kier molecular flexibility index (Phi) is 5.27. The van der Waals surface area contributed by atoms with Gasteiger partial charge in [0, 0.05) is 17.4 Å². The number of amides is 1. The van der Waals surface area contributed by atoms with E-state index in [0.29, 0.717) is 17.3 Å². The van der Waals surface area contributed by atoms with Gasteiger partial charge < -0.3 is 10.6 Å². The van der Waals surface area contributed by atoms with Crippen LogP contribution in [0.4, 0.5) is 17.2 Å². The van der Waals surface area contributed by atoms with Crippen LogP contribution in [0.3, 0.4) is 0 Å². The lowest BCUT2D eigenvalue weighted by molar-refractivity contribution is 0.102. The van der Waals surface area contributed by atoms with Crippen LogP contribution in [0.5, 0.6) is 0 Å². The molecule has 1 heterocycles. The molecular formula is C21H22N4O. The number of benzene rings is 2. The number of aromatic nitrogens is 2. The van der Waals surface area contributed by atoms with E-state index in [-0.39, 0.29) is 5.91 Å². The molecular weight excluding hydrogens is 324 g/mol. The summed E-state index contributed by atoms with van der Waals surface area (Å²) in [7, 11) is 0. The zero-order valence-electron chi connectivity index (χ0n) is 15.2. The molecule has 0 saturated carbocycles. The quantitative estimate of drug-likeness (QED) is 0.705. The summed E-state index contributed by atoms with van der Waals surface area (Å²) >= 11 is 0. The van der Waals surface area contributed by atoms with E-state index >= 15 is 0 Å². The van der Waals surface area contributed by atoms with Gasteiger partial charge in [-0.1, -0.05) is 36.8 Å². The highest BCUT2D eigenvalue weighted by atomic mass is 16.1. The van der Waals surface area contributed by atoms with Crippen LogP contribution >= 0.6 is 0 Å². The Morgan fingerprint density at radius 1 is 0.923 bits per heavy atom. The topological polar surface area (TPSA) is 66.9 Å². The predicted octanol–water partition coefficient (Wildman–Crippen LogP) is 4.65. The fraction of sp³-hybridized carbons (Fsp3) is 0.190. The van der Waals surface area contributed by atoms with E-state index in [1.54, 1.807) is 13.0 Å². The Bertz CT molecular complexity index is 902. The van der Waals surface area contributed by atoms with Crippen molar-refractivity contribution < 1.29 is 4.79 Å². The molecule has 132 valence electrons. The van der Waals surface area contributed by atoms with Gasteiger partial charge in [0.2, 0.25) is 0 Å². The van der Waals surface area contributed by atoms with Gasteiger partial charge in [0.05, 0.1) is 0 Å². The van der Waals surface area contributed by atoms with Crippen molar-refractivity contribution in [3.8, 4) is 0 Å². The molecule has 0 atom stereocenters. The maximum Gasteiger partial charge on any atom is 0.274 e. The number of carbonyl (C=O) groups excluding carboxylic acids is 1. The van der Waals surface area contributed by atoms with Crippen LogP contribution in [0.15, 0.2) is 54.6 Å². The number of nitrogens with zero attached hydrogens (tertiary/aromatic N) is 2. The van der Waals surface area contributed by atoms with Gasteiger partial charge in [-0.3, -0.25) is 4.79 Å². The summed E-state index contributed by atoms with van der Waals surface area (Å²) in [5, 5.41) is 6.09. The summed E-state index contributed by atoms with van der Waals surface area (Å²) in [6.45, 7) is 5.90. The number of carbonyl (C=O) groups is 1. The third kappa shape index (κ3) is 4.45. The van der Waals surface area contributed by atoms with Crippen molar-refractivity contribution >= 4 is 23.1 Å². The standard InChI is InChI=1S/C21H22N4O/c1-4-16-7-11-18(12-8-16)25-21(26)19-13-20(23-15(3)22-19)24-17-9-5-14(2)6-10-17/h5-13H,4H2,1-3H3,(H,25,26)(H,22,23,24). The van der Waals surface area contributed by atoms with Crippen molar-refractivity contribution in [3.63, 3.8) is 0 Å². The molecule has 0 aliphatic carbocycles. The van der Waals surface area contributed by atoms with Crippen LogP contribution in [0, 0.1) is 13.8 Å². The number of nitrogens with one attached hydrogen (secondary N) is 2. The molecule has 0 unspecified atom stereocenters. The lowest BCUT2D eigenvalue weighted by Crippen LogP contribution is -2.15. The first-order valence-electron chi connectivity index (χ1n) is 8.63. The molecule has 2 N–H and O–H groups in total. The lowest BCUT2D eigenvalue weighted by Gasteiger charge is -2.10. The molecule has 5 heteroatoms. The highest BCUT2D eigenvalue weighted by Gasteiger charge is 2.11. The minimum Gasteiger partial charge on any atom is -0.340 e. The van der Waals surface area contributed by atoms with E-state index in [9.17, 15) is 4.79 Å². The van der Waals surface area contributed by atoms with Crippen molar-refractivity contribution in [2.75, 3.05) is 10.6 Å². The molecule has 3 aromatic rings. The van der Waals surface area contributed by atoms with Crippen LogP contribution in [-0.4, -0.2) is 15.9 Å². The molecule has 1 amide bonds. The Morgan fingerprint density at radius 2 is 1.58 bits per heavy atom. The first-order valence-corrected chi connectivity index (χ1v) is 8.63. The highest BCUT2D eigenvalue weighted by molar-refractivity contribution is 6.03. The summed E-state index contributed by atoms with van der Waals surface area (Å²) in [6, 6.07) is 17.4. The Hall–Kier alpha value is -3.21. The molecule has 1 aromatic heterocycles. The average Bonchev–Trinajstić information content (AvgIpc) is 2.64. The fourth-order valence-corrected chi connectivity index (χ4v) is 2.55. The van der Waals surface area contributed by atoms with Crippen LogP contribution in [-0.2, 0) is 6.42 Å². The molecule has 0 bridgehead atoms. The third-order valence-electron chi connectivity index (χ3n) is 4.01. The van der Waals surface area contributed by atoms with Gasteiger partial charge in [0.25, 0.3) is 5.91 Å². The first kappa shape index (κ1) is 17.6. The Labute approximate surface area is 153 Å². The van der Waals surface area contributed by atoms with Crippen molar-refractivity contribution in [1.82, 2.24) is 9.97 Å². The second-order valence-corrected chi connectivity index (χ2v) is 6.18. The number of hydrogen-bond acceptors (Lipinski definition) is 4. The summed E-state index contributed by atoms with van der Waals surface area (Å²) in [4.78, 5) is 21.2. The van der Waals surface area contributed by atoms with Crippen molar-refractivity contribution in [3.05, 3.63) is 77.2 Å². The molecule has 0 spiro atoms. The average molecular weight is 346 g/mol. The molecule has 26 heavy (non-hydrogen) atoms. The Morgan fingerprint density at radius 3 is 2.23 bits per heavy atom. The van der Waals surface area contributed by atoms with Crippen molar-refractivity contribution in [2.45, 2.75) is 27.2 Å². The van der Waals surface area contributed by atoms with Gasteiger partial charge in [-0.25, -0.2) is 9.97 Å². The lowest BCUT2D eigenvalue weighted by atomic mass is 10.1. The number of anilines is 3. The number of hydrogen-bond donors (Lipinski definition) is 2. The minimum atomic E-state index is -0.258. The second kappa shape index (κ2) is 7.78. The van der Waals surface area contributed by atoms with Crippen LogP contribution in [0.2, 0.25) is 0 Å². The molecule has 0 saturated heterocycles. The molecule has 5 nitrogen and oxygen atoms in total. The predicted molar refractivity (Wildman–Crippen MR) is 105 cm³/mol. The smallest absolute Gasteiger partial charge is 0.274 e. The molecule has 0 aliphatic heterocycles. The van der Waals surface area contributed by atoms with Gasteiger partial charge in [-0.05, 0) is 50.1 Å². The zero-order valence-corrected chi connectivity index (χ0v) is 15.2. The highest BCUT2D eigenvalue weighted by Crippen LogP contribution is 2.17. The summed E-state index contributed by atoms with van der Waals surface area (Å²) in [5.74, 6) is 0.869. The third-order valence-corrected chi connectivity index (χ3v) is 4.01. The normalized spacial score (nSPS) is 10.4. The maximum absolute atomic E-state index is 12.5. The van der Waals surface area contributed by atoms with Gasteiger partial charge in [0.15, 0.2) is 0 Å². The van der Waals surface area contributed by atoms with E-state index in [1.165, 1.54) is 11.1 Å². The Balaban J connectivity index is 1.77. The SMILES string of the molecule is CCc1ccc(NC(=O)c2cc(Nc3ccc(C)cc3)nc(C)n2)cc1. The van der Waals surface area contributed by atoms with E-state index in [0.717, 1.165) is 17.8 Å². The van der Waals surface area contributed by atoms with Gasteiger partial charge in [0.1, 0.15) is 17.3 Å². The zero-order chi connectivity index (χ0) is 18.5. The van der Waals surface area contributed by atoms with E-state index in [1.807, 2.05) is 55.5 Å².